The van der Waals surface area contributed by atoms with Gasteiger partial charge in [-0.3, -0.25) is 0 Å². The monoisotopic (exact) mass is 427 g/mol. The van der Waals surface area contributed by atoms with E-state index in [0.717, 1.165) is 29.3 Å². The first-order valence-corrected chi connectivity index (χ1v) is 10.1. The number of aromatic nitrogens is 5. The Morgan fingerprint density at radius 3 is 2.59 bits per heavy atom. The molecule has 0 radical (unpaired) electrons. The standard InChI is InChI=1S/C16H21N7OS2.ClH/c1-22(2)9-4-10-24-12-7-5-11(6-8-12)13-19-20-16(26-13)23-14(17)18-15(21-23)25-3;/h5-8H,4,9-10H2,1-3H3,(H2,17,18,21);1H. The molecule has 0 saturated heterocycles. The summed E-state index contributed by atoms with van der Waals surface area (Å²) < 4.78 is 7.26. The quantitative estimate of drug-likeness (QED) is 0.433. The van der Waals surface area contributed by atoms with E-state index in [1.54, 1.807) is 0 Å². The van der Waals surface area contributed by atoms with Crippen molar-refractivity contribution in [3.63, 3.8) is 0 Å². The Bertz CT molecular complexity index is 851. The highest BCUT2D eigenvalue weighted by atomic mass is 35.5. The fourth-order valence-electron chi connectivity index (χ4n) is 2.21. The first-order chi connectivity index (χ1) is 12.6. The maximum Gasteiger partial charge on any atom is 0.236 e. The summed E-state index contributed by atoms with van der Waals surface area (Å²) in [6.45, 7) is 1.71. The number of anilines is 1. The number of halogens is 1. The zero-order valence-electron chi connectivity index (χ0n) is 15.3. The maximum atomic E-state index is 5.89. The predicted octanol–water partition coefficient (Wildman–Crippen LogP) is 2.84. The second-order valence-corrected chi connectivity index (χ2v) is 7.52. The minimum absolute atomic E-state index is 0. The lowest BCUT2D eigenvalue weighted by molar-refractivity contribution is 0.281. The third-order valence-corrected chi connectivity index (χ3v) is 5.00. The average molecular weight is 428 g/mol. The van der Waals surface area contributed by atoms with Gasteiger partial charge in [-0.05, 0) is 51.0 Å². The highest BCUT2D eigenvalue weighted by molar-refractivity contribution is 7.98. The van der Waals surface area contributed by atoms with Crippen molar-refractivity contribution in [3.8, 4) is 21.5 Å². The summed E-state index contributed by atoms with van der Waals surface area (Å²) in [5.41, 5.74) is 6.86. The van der Waals surface area contributed by atoms with Gasteiger partial charge in [0.05, 0.1) is 6.61 Å². The number of hydrogen-bond donors (Lipinski definition) is 1. The number of hydrogen-bond acceptors (Lipinski definition) is 9. The predicted molar refractivity (Wildman–Crippen MR) is 112 cm³/mol. The molecule has 3 rings (SSSR count). The number of ether oxygens (including phenoxy) is 1. The van der Waals surface area contributed by atoms with Crippen LogP contribution in [0.3, 0.4) is 0 Å². The topological polar surface area (TPSA) is 95.0 Å². The van der Waals surface area contributed by atoms with Crippen molar-refractivity contribution in [1.82, 2.24) is 29.9 Å². The van der Waals surface area contributed by atoms with Crippen LogP contribution in [0.1, 0.15) is 6.42 Å². The number of nitrogens with two attached hydrogens (primary N) is 1. The number of nitrogens with zero attached hydrogens (tertiary/aromatic N) is 6. The van der Waals surface area contributed by atoms with E-state index in [9.17, 15) is 0 Å². The van der Waals surface area contributed by atoms with Crippen molar-refractivity contribution < 1.29 is 4.74 Å². The van der Waals surface area contributed by atoms with Gasteiger partial charge in [0.25, 0.3) is 0 Å². The van der Waals surface area contributed by atoms with Crippen LogP contribution in [-0.2, 0) is 0 Å². The van der Waals surface area contributed by atoms with Crippen LogP contribution < -0.4 is 10.5 Å². The number of thioether (sulfide) groups is 1. The van der Waals surface area contributed by atoms with Gasteiger partial charge in [-0.2, -0.15) is 9.67 Å². The van der Waals surface area contributed by atoms with E-state index < -0.39 is 0 Å². The fraction of sp³-hybridized carbons (Fsp3) is 0.375. The summed E-state index contributed by atoms with van der Waals surface area (Å²) in [6.07, 6.45) is 2.89. The SMILES string of the molecule is CSc1nc(N)n(-c2nnc(-c3ccc(OCCCN(C)C)cc3)s2)n1.Cl. The molecular formula is C16H22ClN7OS2. The molecule has 2 heterocycles. The molecule has 8 nitrogen and oxygen atoms in total. The Morgan fingerprint density at radius 1 is 1.22 bits per heavy atom. The van der Waals surface area contributed by atoms with E-state index >= 15 is 0 Å². The van der Waals surface area contributed by atoms with Gasteiger partial charge in [-0.15, -0.1) is 27.7 Å². The van der Waals surface area contributed by atoms with Crippen molar-refractivity contribution in [1.29, 1.82) is 0 Å². The summed E-state index contributed by atoms with van der Waals surface area (Å²) in [5, 5.41) is 14.7. The van der Waals surface area contributed by atoms with Gasteiger partial charge in [0.15, 0.2) is 0 Å². The smallest absolute Gasteiger partial charge is 0.236 e. The number of nitrogen functional groups attached to an aromatic ring is 1. The van der Waals surface area contributed by atoms with Gasteiger partial charge in [0, 0.05) is 12.1 Å². The normalized spacial score (nSPS) is 10.8. The molecule has 0 unspecified atom stereocenters. The second kappa shape index (κ2) is 9.88. The zero-order valence-corrected chi connectivity index (χ0v) is 17.8. The molecule has 0 fully saturated rings. The van der Waals surface area contributed by atoms with Gasteiger partial charge in [-0.1, -0.05) is 23.1 Å². The fourth-order valence-corrected chi connectivity index (χ4v) is 3.37. The molecule has 0 amide bonds. The van der Waals surface area contributed by atoms with E-state index in [1.165, 1.54) is 27.8 Å². The van der Waals surface area contributed by atoms with E-state index in [-0.39, 0.29) is 12.4 Å². The molecule has 11 heteroatoms. The van der Waals surface area contributed by atoms with Crippen LogP contribution >= 0.6 is 35.5 Å². The molecule has 0 bridgehead atoms. The van der Waals surface area contributed by atoms with E-state index in [0.29, 0.717) is 22.8 Å². The van der Waals surface area contributed by atoms with E-state index in [2.05, 4.69) is 39.3 Å². The summed E-state index contributed by atoms with van der Waals surface area (Å²) in [4.78, 5) is 6.30. The van der Waals surface area contributed by atoms with Crippen LogP contribution in [0.5, 0.6) is 5.75 Å². The van der Waals surface area contributed by atoms with Gasteiger partial charge in [0.1, 0.15) is 10.8 Å². The van der Waals surface area contributed by atoms with Gasteiger partial charge in [0.2, 0.25) is 16.2 Å². The zero-order chi connectivity index (χ0) is 18.5. The van der Waals surface area contributed by atoms with Crippen LogP contribution in [0.4, 0.5) is 5.95 Å². The van der Waals surface area contributed by atoms with Crippen molar-refractivity contribution in [3.05, 3.63) is 24.3 Å². The average Bonchev–Trinajstić information content (AvgIpc) is 3.25. The number of rotatable bonds is 8. The molecule has 0 atom stereocenters. The molecule has 0 aliphatic rings. The second-order valence-electron chi connectivity index (χ2n) is 5.79. The molecule has 0 spiro atoms. The summed E-state index contributed by atoms with van der Waals surface area (Å²) in [5.74, 6) is 1.15. The third kappa shape index (κ3) is 5.55. The molecule has 0 aliphatic carbocycles. The first kappa shape index (κ1) is 21.4. The van der Waals surface area contributed by atoms with Gasteiger partial charge in [-0.25, -0.2) is 0 Å². The maximum absolute atomic E-state index is 5.89. The Kier molecular flexibility index (Phi) is 7.84. The third-order valence-electron chi connectivity index (χ3n) is 3.51. The molecule has 0 saturated carbocycles. The lowest BCUT2D eigenvalue weighted by Gasteiger charge is -2.10. The molecule has 2 aromatic heterocycles. The Balaban J connectivity index is 0.00000261. The lowest BCUT2D eigenvalue weighted by atomic mass is 10.2. The Labute approximate surface area is 172 Å². The Hall–Kier alpha value is -1.88. The van der Waals surface area contributed by atoms with Crippen molar-refractivity contribution in [2.75, 3.05) is 39.2 Å². The summed E-state index contributed by atoms with van der Waals surface area (Å²) >= 11 is 2.84. The highest BCUT2D eigenvalue weighted by Gasteiger charge is 2.14. The van der Waals surface area contributed by atoms with Crippen molar-refractivity contribution >= 4 is 41.5 Å². The minimum Gasteiger partial charge on any atom is -0.494 e. The van der Waals surface area contributed by atoms with Crippen LogP contribution in [0.2, 0.25) is 0 Å². The molecule has 3 aromatic rings. The molecule has 0 aliphatic heterocycles. The van der Waals surface area contributed by atoms with Gasteiger partial charge >= 0.3 is 0 Å². The molecule has 1 aromatic carbocycles. The van der Waals surface area contributed by atoms with Crippen LogP contribution in [0, 0.1) is 0 Å². The summed E-state index contributed by atoms with van der Waals surface area (Å²) in [7, 11) is 4.11. The van der Waals surface area contributed by atoms with Crippen molar-refractivity contribution in [2.24, 2.45) is 0 Å². The molecule has 146 valence electrons. The van der Waals surface area contributed by atoms with Crippen LogP contribution in [0.25, 0.3) is 15.7 Å². The highest BCUT2D eigenvalue weighted by Crippen LogP contribution is 2.28. The number of benzene rings is 1. The van der Waals surface area contributed by atoms with Crippen LogP contribution in [-0.4, -0.2) is 63.4 Å². The van der Waals surface area contributed by atoms with E-state index in [1.807, 2.05) is 30.5 Å². The first-order valence-electron chi connectivity index (χ1n) is 8.05. The Morgan fingerprint density at radius 2 is 1.96 bits per heavy atom. The summed E-state index contributed by atoms with van der Waals surface area (Å²) in [6, 6.07) is 7.84. The van der Waals surface area contributed by atoms with Crippen molar-refractivity contribution in [2.45, 2.75) is 11.6 Å². The molecular weight excluding hydrogens is 406 g/mol. The molecule has 2 N–H and O–H groups in total. The lowest BCUT2D eigenvalue weighted by Crippen LogP contribution is -2.15. The largest absolute Gasteiger partial charge is 0.494 e. The van der Waals surface area contributed by atoms with E-state index in [4.69, 9.17) is 10.5 Å². The van der Waals surface area contributed by atoms with Crippen LogP contribution in [0.15, 0.2) is 29.4 Å². The minimum atomic E-state index is 0. The molecule has 27 heavy (non-hydrogen) atoms. The van der Waals surface area contributed by atoms with Gasteiger partial charge < -0.3 is 15.4 Å².